The van der Waals surface area contributed by atoms with E-state index in [4.69, 9.17) is 9.97 Å². The fourth-order valence-electron chi connectivity index (χ4n) is 3.67. The summed E-state index contributed by atoms with van der Waals surface area (Å²) in [6.07, 6.45) is 2.32. The zero-order chi connectivity index (χ0) is 18.9. The van der Waals surface area contributed by atoms with Crippen molar-refractivity contribution in [1.82, 2.24) is 19.2 Å². The molecular weight excluding hydrogens is 354 g/mol. The Hall–Kier alpha value is -1.74. The Labute approximate surface area is 155 Å². The van der Waals surface area contributed by atoms with Gasteiger partial charge in [-0.2, -0.15) is 4.31 Å². The van der Waals surface area contributed by atoms with Crippen molar-refractivity contribution in [3.8, 4) is 0 Å². The largest absolute Gasteiger partial charge is 0.373 e. The third-order valence-electron chi connectivity index (χ3n) is 5.34. The fraction of sp³-hybridized carbons (Fsp3) is 0.706. The van der Waals surface area contributed by atoms with E-state index in [-0.39, 0.29) is 17.6 Å². The van der Waals surface area contributed by atoms with Crippen molar-refractivity contribution in [2.75, 3.05) is 37.8 Å². The van der Waals surface area contributed by atoms with Crippen molar-refractivity contribution in [2.24, 2.45) is 0 Å². The zero-order valence-electron chi connectivity index (χ0n) is 15.7. The van der Waals surface area contributed by atoms with Gasteiger partial charge in [0.05, 0.1) is 11.4 Å². The minimum absolute atomic E-state index is 0.102. The van der Waals surface area contributed by atoms with E-state index in [9.17, 15) is 13.2 Å². The van der Waals surface area contributed by atoms with Crippen molar-refractivity contribution >= 4 is 21.7 Å². The lowest BCUT2D eigenvalue weighted by molar-refractivity contribution is -0.129. The number of nitrogens with zero attached hydrogens (tertiary/aromatic N) is 4. The first-order valence-corrected chi connectivity index (χ1v) is 10.8. The molecule has 2 aliphatic rings. The number of anilines is 1. The Morgan fingerprint density at radius 3 is 2.50 bits per heavy atom. The third kappa shape index (κ3) is 3.68. The van der Waals surface area contributed by atoms with Crippen LogP contribution in [-0.4, -0.2) is 65.9 Å². The Balaban J connectivity index is 1.83. The topological polar surface area (TPSA) is 95.5 Å². The van der Waals surface area contributed by atoms with E-state index in [1.807, 2.05) is 4.90 Å². The molecule has 3 heterocycles. The van der Waals surface area contributed by atoms with Gasteiger partial charge >= 0.3 is 0 Å². The van der Waals surface area contributed by atoms with Crippen LogP contribution in [0.4, 0.5) is 5.82 Å². The summed E-state index contributed by atoms with van der Waals surface area (Å²) in [5.74, 6) is 1.98. The molecule has 1 aromatic heterocycles. The highest BCUT2D eigenvalue weighted by Gasteiger charge is 2.30. The summed E-state index contributed by atoms with van der Waals surface area (Å²) in [4.78, 5) is 22.8. The third-order valence-corrected chi connectivity index (χ3v) is 7.17. The first kappa shape index (κ1) is 19.0. The summed E-state index contributed by atoms with van der Waals surface area (Å²) < 4.78 is 25.9. The molecule has 0 saturated carbocycles. The molecule has 8 nitrogen and oxygen atoms in total. The van der Waals surface area contributed by atoms with Gasteiger partial charge in [0.15, 0.2) is 0 Å². The van der Waals surface area contributed by atoms with E-state index in [1.165, 1.54) is 4.31 Å². The van der Waals surface area contributed by atoms with Crippen molar-refractivity contribution in [3.05, 3.63) is 17.1 Å². The molecular formula is C17H27N5O3S. The molecule has 1 aromatic rings. The number of sulfonamides is 1. The Kier molecular flexibility index (Phi) is 5.47. The average molecular weight is 382 g/mol. The van der Waals surface area contributed by atoms with Crippen molar-refractivity contribution in [2.45, 2.75) is 45.6 Å². The van der Waals surface area contributed by atoms with Gasteiger partial charge in [0.1, 0.15) is 11.6 Å². The molecule has 0 spiro atoms. The van der Waals surface area contributed by atoms with Crippen LogP contribution in [0.15, 0.2) is 0 Å². The number of nitrogens with one attached hydrogen (secondary N) is 1. The Morgan fingerprint density at radius 1 is 1.23 bits per heavy atom. The first-order valence-electron chi connectivity index (χ1n) is 9.16. The van der Waals surface area contributed by atoms with Gasteiger partial charge in [0, 0.05) is 58.1 Å². The lowest BCUT2D eigenvalue weighted by Gasteiger charge is -2.32. The van der Waals surface area contributed by atoms with Gasteiger partial charge in [-0.15, -0.1) is 0 Å². The number of rotatable bonds is 4. The van der Waals surface area contributed by atoms with Crippen molar-refractivity contribution < 1.29 is 13.2 Å². The minimum Gasteiger partial charge on any atom is -0.373 e. The molecule has 144 valence electrons. The smallest absolute Gasteiger partial charge is 0.219 e. The molecule has 1 amide bonds. The number of piperidine rings is 1. The van der Waals surface area contributed by atoms with Crippen LogP contribution in [0.25, 0.3) is 0 Å². The maximum absolute atomic E-state index is 12.2. The molecule has 1 fully saturated rings. The highest BCUT2D eigenvalue weighted by Crippen LogP contribution is 2.31. The molecule has 0 unspecified atom stereocenters. The molecule has 0 aromatic carbocycles. The second kappa shape index (κ2) is 7.48. The molecule has 9 heteroatoms. The van der Waals surface area contributed by atoms with Gasteiger partial charge in [0.25, 0.3) is 0 Å². The molecule has 0 bridgehead atoms. The van der Waals surface area contributed by atoms with Crippen molar-refractivity contribution in [1.29, 1.82) is 0 Å². The Morgan fingerprint density at radius 2 is 1.92 bits per heavy atom. The molecule has 26 heavy (non-hydrogen) atoms. The molecule has 1 N–H and O–H groups in total. The van der Waals surface area contributed by atoms with E-state index in [0.717, 1.165) is 48.8 Å². The van der Waals surface area contributed by atoms with Gasteiger partial charge in [0.2, 0.25) is 15.9 Å². The lowest BCUT2D eigenvalue weighted by atomic mass is 9.95. The maximum atomic E-state index is 12.2. The van der Waals surface area contributed by atoms with E-state index in [2.05, 4.69) is 5.32 Å². The quantitative estimate of drug-likeness (QED) is 0.834. The van der Waals surface area contributed by atoms with Gasteiger partial charge < -0.3 is 10.2 Å². The average Bonchev–Trinajstić information content (AvgIpc) is 2.66. The van der Waals surface area contributed by atoms with Gasteiger partial charge in [-0.1, -0.05) is 0 Å². The van der Waals surface area contributed by atoms with Crippen LogP contribution in [0.5, 0.6) is 0 Å². The van der Waals surface area contributed by atoms with Crippen LogP contribution in [0, 0.1) is 0 Å². The zero-order valence-corrected chi connectivity index (χ0v) is 16.5. The monoisotopic (exact) mass is 381 g/mol. The van der Waals surface area contributed by atoms with E-state index < -0.39 is 10.0 Å². The predicted octanol–water partition coefficient (Wildman–Crippen LogP) is 0.952. The normalized spacial score (nSPS) is 19.3. The molecule has 3 rings (SSSR count). The number of amides is 1. The predicted molar refractivity (Wildman–Crippen MR) is 99.4 cm³/mol. The van der Waals surface area contributed by atoms with Crippen LogP contribution < -0.4 is 5.32 Å². The molecule has 2 aliphatic heterocycles. The molecule has 1 saturated heterocycles. The van der Waals surface area contributed by atoms with E-state index in [0.29, 0.717) is 19.5 Å². The summed E-state index contributed by atoms with van der Waals surface area (Å²) in [6, 6.07) is 0. The standard InChI is InChI=1S/C17H27N5O3S/c1-4-26(24,25)22-10-7-15-14(11-22)17(18-3)20-16(19-15)13-5-8-21(9-6-13)12(2)23/h13H,4-11H2,1-3H3,(H,18,19,20). The number of hydrogen-bond donors (Lipinski definition) is 1. The number of carbonyl (C=O) groups is 1. The fourth-order valence-corrected chi connectivity index (χ4v) is 4.73. The van der Waals surface area contributed by atoms with Gasteiger partial charge in [-0.25, -0.2) is 18.4 Å². The minimum atomic E-state index is -3.22. The summed E-state index contributed by atoms with van der Waals surface area (Å²) in [6.45, 7) is 5.52. The summed E-state index contributed by atoms with van der Waals surface area (Å²) >= 11 is 0. The summed E-state index contributed by atoms with van der Waals surface area (Å²) in [7, 11) is -1.42. The number of likely N-dealkylation sites (tertiary alicyclic amines) is 1. The van der Waals surface area contributed by atoms with Crippen LogP contribution in [0.2, 0.25) is 0 Å². The van der Waals surface area contributed by atoms with Crippen molar-refractivity contribution in [3.63, 3.8) is 0 Å². The molecule has 0 aliphatic carbocycles. The SMILES string of the molecule is CCS(=O)(=O)N1CCc2nc(C3CCN(C(C)=O)CC3)nc(NC)c2C1. The number of fused-ring (bicyclic) bond motifs is 1. The molecule has 0 radical (unpaired) electrons. The summed E-state index contributed by atoms with van der Waals surface area (Å²) in [5.41, 5.74) is 1.82. The number of aromatic nitrogens is 2. The second-order valence-electron chi connectivity index (χ2n) is 6.87. The van der Waals surface area contributed by atoms with Crippen LogP contribution in [0.1, 0.15) is 49.7 Å². The number of hydrogen-bond acceptors (Lipinski definition) is 6. The maximum Gasteiger partial charge on any atom is 0.219 e. The molecule has 0 atom stereocenters. The van der Waals surface area contributed by atoms with Crippen LogP contribution in [-0.2, 0) is 27.8 Å². The highest BCUT2D eigenvalue weighted by molar-refractivity contribution is 7.89. The van der Waals surface area contributed by atoms with Crippen LogP contribution >= 0.6 is 0 Å². The number of carbonyl (C=O) groups excluding carboxylic acids is 1. The Bertz CT molecular complexity index is 771. The highest BCUT2D eigenvalue weighted by atomic mass is 32.2. The van der Waals surface area contributed by atoms with Gasteiger partial charge in [-0.05, 0) is 19.8 Å². The van der Waals surface area contributed by atoms with E-state index in [1.54, 1.807) is 20.9 Å². The van der Waals surface area contributed by atoms with E-state index >= 15 is 0 Å². The summed E-state index contributed by atoms with van der Waals surface area (Å²) in [5, 5.41) is 3.11. The van der Waals surface area contributed by atoms with Gasteiger partial charge in [-0.3, -0.25) is 4.79 Å². The second-order valence-corrected chi connectivity index (χ2v) is 9.13. The lowest BCUT2D eigenvalue weighted by Crippen LogP contribution is -2.39. The van der Waals surface area contributed by atoms with Crippen LogP contribution in [0.3, 0.4) is 0 Å². The first-order chi connectivity index (χ1) is 12.4.